The topological polar surface area (TPSA) is 80.9 Å². The van der Waals surface area contributed by atoms with Crippen LogP contribution in [0.25, 0.3) is 0 Å². The highest BCUT2D eigenvalue weighted by atomic mass is 16.5. The molecule has 0 fully saturated rings. The first-order valence-corrected chi connectivity index (χ1v) is 16.3. The number of rotatable bonds is 29. The summed E-state index contributed by atoms with van der Waals surface area (Å²) in [6.45, 7) is 2.98. The summed E-state index contributed by atoms with van der Waals surface area (Å²) in [6, 6.07) is 0. The lowest BCUT2D eigenvalue weighted by Crippen LogP contribution is -2.02. The van der Waals surface area contributed by atoms with Crippen molar-refractivity contribution in [3.05, 3.63) is 0 Å². The fraction of sp³-hybridized carbons (Fsp3) is 1.00. The van der Waals surface area contributed by atoms with E-state index in [1.807, 2.05) is 0 Å². The van der Waals surface area contributed by atoms with Crippen LogP contribution in [0.15, 0.2) is 0 Å². The van der Waals surface area contributed by atoms with E-state index in [-0.39, 0.29) is 0 Å². The van der Waals surface area contributed by atoms with Crippen LogP contribution in [0.5, 0.6) is 0 Å². The third kappa shape index (κ3) is 41.0. The Bertz CT molecular complexity index is 331. The van der Waals surface area contributed by atoms with Crippen LogP contribution in [0.1, 0.15) is 187 Å². The average molecular weight is 517 g/mol. The van der Waals surface area contributed by atoms with Crippen LogP contribution in [0.3, 0.4) is 0 Å². The fourth-order valence-electron chi connectivity index (χ4n) is 4.69. The summed E-state index contributed by atoms with van der Waals surface area (Å²) in [6.07, 6.45) is 34.7. The summed E-state index contributed by atoms with van der Waals surface area (Å²) < 4.78 is 0. The van der Waals surface area contributed by atoms with Gasteiger partial charge in [-0.25, -0.2) is 0 Å². The standard InChI is InChI=1S/C18H38O2.C14H30O2/c19-17-15-13-11-9-7-5-3-1-2-4-6-8-10-12-14-16-18-20;1-2-3-4-5-6-7-8-9-10-11-12-13-14(15)16/h19-20H,1-18H2;14-16H,2-13H2,1H3. The zero-order valence-corrected chi connectivity index (χ0v) is 24.6. The van der Waals surface area contributed by atoms with E-state index in [2.05, 4.69) is 6.92 Å². The molecule has 0 saturated heterocycles. The molecule has 0 atom stereocenters. The second-order valence-corrected chi connectivity index (χ2v) is 10.9. The van der Waals surface area contributed by atoms with Gasteiger partial charge in [-0.15, -0.1) is 0 Å². The first-order valence-electron chi connectivity index (χ1n) is 16.3. The molecule has 0 bridgehead atoms. The third-order valence-electron chi connectivity index (χ3n) is 7.13. The highest BCUT2D eigenvalue weighted by Crippen LogP contribution is 2.14. The Labute approximate surface area is 226 Å². The SMILES string of the molecule is CCCCCCCCCCCCCC(O)O.OCCCCCCCCCCCCCCCCCCO. The van der Waals surface area contributed by atoms with E-state index in [1.54, 1.807) is 0 Å². The van der Waals surface area contributed by atoms with Crippen molar-refractivity contribution in [2.75, 3.05) is 13.2 Å². The smallest absolute Gasteiger partial charge is 0.151 e. The number of hydrogen-bond donors (Lipinski definition) is 4. The summed E-state index contributed by atoms with van der Waals surface area (Å²) in [4.78, 5) is 0. The molecule has 0 saturated carbocycles. The summed E-state index contributed by atoms with van der Waals surface area (Å²) in [5, 5.41) is 34.6. The second-order valence-electron chi connectivity index (χ2n) is 10.9. The van der Waals surface area contributed by atoms with Crippen molar-refractivity contribution < 1.29 is 20.4 Å². The number of unbranched alkanes of at least 4 members (excludes halogenated alkanes) is 25. The minimum atomic E-state index is -1.10. The molecule has 0 aromatic rings. The van der Waals surface area contributed by atoms with Crippen LogP contribution >= 0.6 is 0 Å². The average Bonchev–Trinajstić information content (AvgIpc) is 2.87. The quantitative estimate of drug-likeness (QED) is 0.0590. The van der Waals surface area contributed by atoms with Gasteiger partial charge in [0.15, 0.2) is 6.29 Å². The number of hydrogen-bond acceptors (Lipinski definition) is 4. The fourth-order valence-corrected chi connectivity index (χ4v) is 4.69. The molecular formula is C32H68O4. The van der Waals surface area contributed by atoms with Gasteiger partial charge in [-0.1, -0.05) is 161 Å². The molecular weight excluding hydrogens is 448 g/mol. The van der Waals surface area contributed by atoms with Crippen LogP contribution in [0.4, 0.5) is 0 Å². The van der Waals surface area contributed by atoms with Crippen molar-refractivity contribution in [3.8, 4) is 0 Å². The van der Waals surface area contributed by atoms with Crippen LogP contribution in [-0.2, 0) is 0 Å². The largest absolute Gasteiger partial charge is 0.396 e. The molecule has 0 aliphatic carbocycles. The van der Waals surface area contributed by atoms with E-state index in [9.17, 15) is 0 Å². The van der Waals surface area contributed by atoms with E-state index in [0.717, 1.165) is 25.7 Å². The first kappa shape index (κ1) is 38.0. The van der Waals surface area contributed by atoms with Gasteiger partial charge in [0.05, 0.1) is 0 Å². The summed E-state index contributed by atoms with van der Waals surface area (Å²) in [5.41, 5.74) is 0. The molecule has 4 N–H and O–H groups in total. The summed E-state index contributed by atoms with van der Waals surface area (Å²) >= 11 is 0. The molecule has 0 aliphatic rings. The Morgan fingerprint density at radius 1 is 0.333 bits per heavy atom. The van der Waals surface area contributed by atoms with E-state index in [4.69, 9.17) is 20.4 Å². The van der Waals surface area contributed by atoms with Crippen LogP contribution < -0.4 is 0 Å². The van der Waals surface area contributed by atoms with Crippen molar-refractivity contribution in [1.29, 1.82) is 0 Å². The Balaban J connectivity index is 0. The van der Waals surface area contributed by atoms with Gasteiger partial charge < -0.3 is 20.4 Å². The zero-order chi connectivity index (χ0) is 26.8. The van der Waals surface area contributed by atoms with Gasteiger partial charge in [0.1, 0.15) is 0 Å². The first-order chi connectivity index (χ1) is 17.7. The molecule has 0 aromatic carbocycles. The maximum absolute atomic E-state index is 8.67. The predicted octanol–water partition coefficient (Wildman–Crippen LogP) is 9.21. The van der Waals surface area contributed by atoms with Crippen molar-refractivity contribution in [3.63, 3.8) is 0 Å². The van der Waals surface area contributed by atoms with Crippen molar-refractivity contribution in [2.45, 2.75) is 193 Å². The highest BCUT2D eigenvalue weighted by molar-refractivity contribution is 4.51. The van der Waals surface area contributed by atoms with Crippen molar-refractivity contribution in [2.24, 2.45) is 0 Å². The molecule has 0 amide bonds. The molecule has 0 aliphatic heterocycles. The molecule has 0 radical (unpaired) electrons. The molecule has 36 heavy (non-hydrogen) atoms. The Morgan fingerprint density at radius 2 is 0.556 bits per heavy atom. The van der Waals surface area contributed by atoms with E-state index in [0.29, 0.717) is 19.6 Å². The Morgan fingerprint density at radius 3 is 0.778 bits per heavy atom. The maximum Gasteiger partial charge on any atom is 0.151 e. The van der Waals surface area contributed by atoms with Gasteiger partial charge in [-0.05, 0) is 25.7 Å². The van der Waals surface area contributed by atoms with Crippen molar-refractivity contribution >= 4 is 0 Å². The monoisotopic (exact) mass is 517 g/mol. The minimum Gasteiger partial charge on any atom is -0.396 e. The normalized spacial score (nSPS) is 11.2. The maximum atomic E-state index is 8.67. The van der Waals surface area contributed by atoms with E-state index in [1.165, 1.54) is 148 Å². The Kier molecular flexibility index (Phi) is 39.0. The third-order valence-corrected chi connectivity index (χ3v) is 7.13. The molecule has 0 rings (SSSR count). The summed E-state index contributed by atoms with van der Waals surface area (Å²) in [7, 11) is 0. The minimum absolute atomic E-state index is 0.363. The van der Waals surface area contributed by atoms with Crippen LogP contribution in [-0.4, -0.2) is 39.9 Å². The number of aliphatic hydroxyl groups excluding tert-OH is 3. The van der Waals surface area contributed by atoms with Gasteiger partial charge in [0.25, 0.3) is 0 Å². The molecule has 0 heterocycles. The predicted molar refractivity (Wildman–Crippen MR) is 157 cm³/mol. The number of aliphatic hydroxyl groups is 4. The van der Waals surface area contributed by atoms with E-state index >= 15 is 0 Å². The summed E-state index contributed by atoms with van der Waals surface area (Å²) in [5.74, 6) is 0. The van der Waals surface area contributed by atoms with Gasteiger partial charge >= 0.3 is 0 Å². The lowest BCUT2D eigenvalue weighted by atomic mass is 10.0. The zero-order valence-electron chi connectivity index (χ0n) is 24.6. The Hall–Kier alpha value is -0.160. The highest BCUT2D eigenvalue weighted by Gasteiger charge is 1.97. The molecule has 0 spiro atoms. The van der Waals surface area contributed by atoms with Crippen LogP contribution in [0.2, 0.25) is 0 Å². The van der Waals surface area contributed by atoms with E-state index < -0.39 is 6.29 Å². The molecule has 0 aromatic heterocycles. The van der Waals surface area contributed by atoms with Gasteiger partial charge in [0.2, 0.25) is 0 Å². The lowest BCUT2D eigenvalue weighted by Gasteiger charge is -2.03. The molecule has 4 nitrogen and oxygen atoms in total. The van der Waals surface area contributed by atoms with Gasteiger partial charge in [-0.2, -0.15) is 0 Å². The lowest BCUT2D eigenvalue weighted by molar-refractivity contribution is -0.0466. The molecule has 220 valence electrons. The molecule has 4 heteroatoms. The van der Waals surface area contributed by atoms with Gasteiger partial charge in [0, 0.05) is 13.2 Å². The van der Waals surface area contributed by atoms with Gasteiger partial charge in [-0.3, -0.25) is 0 Å². The second kappa shape index (κ2) is 37.0. The van der Waals surface area contributed by atoms with Crippen molar-refractivity contribution in [1.82, 2.24) is 0 Å². The van der Waals surface area contributed by atoms with Crippen LogP contribution in [0, 0.1) is 0 Å². The molecule has 0 unspecified atom stereocenters.